The summed E-state index contributed by atoms with van der Waals surface area (Å²) < 4.78 is 5.17. The van der Waals surface area contributed by atoms with Crippen LogP contribution in [-0.4, -0.2) is 69.8 Å². The Morgan fingerprint density at radius 2 is 1.78 bits per heavy atom. The fourth-order valence-corrected chi connectivity index (χ4v) is 4.84. The van der Waals surface area contributed by atoms with Gasteiger partial charge in [0.25, 0.3) is 0 Å². The summed E-state index contributed by atoms with van der Waals surface area (Å²) in [5.74, 6) is 1.58. The van der Waals surface area contributed by atoms with Crippen molar-refractivity contribution in [2.45, 2.75) is 52.8 Å². The van der Waals surface area contributed by atoms with Crippen molar-refractivity contribution in [2.24, 2.45) is 5.92 Å². The van der Waals surface area contributed by atoms with Crippen LogP contribution in [0.4, 0.5) is 21.4 Å². The third kappa shape index (κ3) is 5.70. The van der Waals surface area contributed by atoms with E-state index >= 15 is 0 Å². The van der Waals surface area contributed by atoms with E-state index in [1.165, 1.54) is 15.4 Å². The van der Waals surface area contributed by atoms with E-state index in [1.54, 1.807) is 6.20 Å². The Labute approximate surface area is 212 Å². The Kier molecular flexibility index (Phi) is 7.93. The van der Waals surface area contributed by atoms with Crippen LogP contribution in [0.15, 0.2) is 30.5 Å². The van der Waals surface area contributed by atoms with Gasteiger partial charge in [-0.2, -0.15) is 4.98 Å². The van der Waals surface area contributed by atoms with Crippen LogP contribution in [0.3, 0.4) is 0 Å². The molecule has 2 N–H and O–H groups in total. The number of benzene rings is 1. The molecule has 2 amide bonds. The first-order valence-electron chi connectivity index (χ1n) is 12.6. The molecule has 0 bridgehead atoms. The van der Waals surface area contributed by atoms with Crippen molar-refractivity contribution in [3.63, 3.8) is 0 Å². The molecule has 1 aromatic carbocycles. The lowest BCUT2D eigenvalue weighted by Gasteiger charge is -2.39. The lowest BCUT2D eigenvalue weighted by molar-refractivity contribution is 0.0784. The third-order valence-electron chi connectivity index (χ3n) is 6.87. The maximum absolute atomic E-state index is 12.0. The van der Waals surface area contributed by atoms with E-state index in [0.717, 1.165) is 30.6 Å². The fraction of sp³-hybridized carbons (Fsp3) is 0.538. The van der Waals surface area contributed by atoms with Gasteiger partial charge in [-0.25, -0.2) is 14.6 Å². The highest BCUT2D eigenvalue weighted by Gasteiger charge is 2.28. The molecule has 1 aromatic heterocycles. The van der Waals surface area contributed by atoms with Gasteiger partial charge >= 0.3 is 12.2 Å². The first-order chi connectivity index (χ1) is 17.3. The van der Waals surface area contributed by atoms with Crippen LogP contribution in [0.1, 0.15) is 62.9 Å². The van der Waals surface area contributed by atoms with Gasteiger partial charge in [0.05, 0.1) is 11.6 Å². The molecule has 3 heterocycles. The van der Waals surface area contributed by atoms with E-state index in [0.29, 0.717) is 37.3 Å². The van der Waals surface area contributed by atoms with Crippen LogP contribution >= 0.6 is 0 Å². The van der Waals surface area contributed by atoms with Gasteiger partial charge in [-0.15, -0.1) is 0 Å². The van der Waals surface area contributed by atoms with Crippen LogP contribution in [0.5, 0.6) is 0 Å². The maximum Gasteiger partial charge on any atom is 0.415 e. The topological polar surface area (TPSA) is 111 Å². The van der Waals surface area contributed by atoms with Crippen molar-refractivity contribution in [1.29, 1.82) is 0 Å². The predicted molar refractivity (Wildman–Crippen MR) is 137 cm³/mol. The normalized spacial score (nSPS) is 18.0. The minimum Gasteiger partial charge on any atom is -0.465 e. The summed E-state index contributed by atoms with van der Waals surface area (Å²) in [4.78, 5) is 37.8. The highest BCUT2D eigenvalue weighted by molar-refractivity contribution is 5.89. The molecule has 2 atom stereocenters. The van der Waals surface area contributed by atoms with Crippen molar-refractivity contribution >= 4 is 24.0 Å². The second-order valence-corrected chi connectivity index (χ2v) is 9.82. The predicted octanol–water partition coefficient (Wildman–Crippen LogP) is 4.51. The molecule has 0 radical (unpaired) electrons. The van der Waals surface area contributed by atoms with Crippen LogP contribution in [0.25, 0.3) is 0 Å². The van der Waals surface area contributed by atoms with Gasteiger partial charge in [0.15, 0.2) is 0 Å². The smallest absolute Gasteiger partial charge is 0.415 e. The van der Waals surface area contributed by atoms with Crippen molar-refractivity contribution in [1.82, 2.24) is 19.8 Å². The second-order valence-electron chi connectivity index (χ2n) is 9.82. The van der Waals surface area contributed by atoms with Crippen LogP contribution in [0.2, 0.25) is 0 Å². The highest BCUT2D eigenvalue weighted by Crippen LogP contribution is 2.31. The summed E-state index contributed by atoms with van der Waals surface area (Å²) in [5.41, 5.74) is 3.13. The Balaban J connectivity index is 1.46. The van der Waals surface area contributed by atoms with Crippen molar-refractivity contribution < 1.29 is 19.4 Å². The summed E-state index contributed by atoms with van der Waals surface area (Å²) in [6.07, 6.45) is 1.49. The first-order valence-corrected chi connectivity index (χ1v) is 12.6. The van der Waals surface area contributed by atoms with E-state index in [2.05, 4.69) is 65.2 Å². The minimum absolute atomic E-state index is 0.0367. The quantitative estimate of drug-likeness (QED) is 0.549. The highest BCUT2D eigenvalue weighted by atomic mass is 16.6. The molecule has 2 unspecified atom stereocenters. The van der Waals surface area contributed by atoms with E-state index in [4.69, 9.17) is 4.74 Å². The zero-order valence-corrected chi connectivity index (χ0v) is 21.5. The van der Waals surface area contributed by atoms with Gasteiger partial charge in [-0.1, -0.05) is 38.1 Å². The van der Waals surface area contributed by atoms with Gasteiger partial charge in [0.2, 0.25) is 5.95 Å². The SMILES string of the molecule is CCN1C(=O)OCc2cnc(NC(C)c3ccc(C(CC(C)C)N4CCN(C(=O)O)CC4)cc3)nc21. The summed E-state index contributed by atoms with van der Waals surface area (Å²) in [7, 11) is 0. The molecule has 36 heavy (non-hydrogen) atoms. The number of carbonyl (C=O) groups is 2. The van der Waals surface area contributed by atoms with Crippen molar-refractivity contribution in [3.8, 4) is 0 Å². The monoisotopic (exact) mass is 496 g/mol. The minimum atomic E-state index is -0.842. The van der Waals surface area contributed by atoms with E-state index < -0.39 is 12.2 Å². The molecule has 10 heteroatoms. The van der Waals surface area contributed by atoms with E-state index in [9.17, 15) is 14.7 Å². The molecule has 1 saturated heterocycles. The second kappa shape index (κ2) is 11.1. The molecule has 0 saturated carbocycles. The standard InChI is InChI=1S/C26H36N6O4/c1-5-32-23-21(16-36-26(32)35)15-27-24(29-23)28-18(4)19-6-8-20(9-7-19)22(14-17(2)3)30-10-12-31(13-11-30)25(33)34/h6-9,15,17-18,22H,5,10-14,16H2,1-4H3,(H,33,34)(H,27,28,29). The molecule has 2 aromatic rings. The van der Waals surface area contributed by atoms with E-state index in [-0.39, 0.29) is 18.7 Å². The summed E-state index contributed by atoms with van der Waals surface area (Å²) >= 11 is 0. The fourth-order valence-electron chi connectivity index (χ4n) is 4.84. The number of cyclic esters (lactones) is 1. The molecule has 10 nitrogen and oxygen atoms in total. The zero-order valence-electron chi connectivity index (χ0n) is 21.5. The molecule has 194 valence electrons. The molecular weight excluding hydrogens is 460 g/mol. The average Bonchev–Trinajstić information content (AvgIpc) is 2.87. The van der Waals surface area contributed by atoms with Gasteiger partial charge < -0.3 is 20.1 Å². The number of piperazine rings is 1. The summed E-state index contributed by atoms with van der Waals surface area (Å²) in [6, 6.07) is 8.82. The lowest BCUT2D eigenvalue weighted by atomic mass is 9.93. The number of hydrogen-bond donors (Lipinski definition) is 2. The van der Waals surface area contributed by atoms with Crippen molar-refractivity contribution in [2.75, 3.05) is 42.9 Å². The number of carboxylic acid groups (broad SMARTS) is 1. The number of nitrogens with zero attached hydrogens (tertiary/aromatic N) is 5. The first kappa shape index (κ1) is 25.7. The van der Waals surface area contributed by atoms with Crippen LogP contribution < -0.4 is 10.2 Å². The number of carbonyl (C=O) groups excluding carboxylic acids is 1. The molecule has 0 aliphatic carbocycles. The summed E-state index contributed by atoms with van der Waals surface area (Å²) in [5, 5.41) is 12.6. The van der Waals surface area contributed by atoms with Gasteiger partial charge in [-0.05, 0) is 37.3 Å². The molecule has 1 fully saturated rings. The number of amides is 2. The van der Waals surface area contributed by atoms with Gasteiger partial charge in [-0.3, -0.25) is 9.80 Å². The Hall–Kier alpha value is -3.40. The number of aromatic nitrogens is 2. The van der Waals surface area contributed by atoms with Gasteiger partial charge in [0.1, 0.15) is 12.4 Å². The van der Waals surface area contributed by atoms with Crippen molar-refractivity contribution in [3.05, 3.63) is 47.2 Å². The van der Waals surface area contributed by atoms with Crippen LogP contribution in [-0.2, 0) is 11.3 Å². The van der Waals surface area contributed by atoms with Gasteiger partial charge in [0, 0.05) is 45.0 Å². The summed E-state index contributed by atoms with van der Waals surface area (Å²) in [6.45, 7) is 11.6. The number of nitrogens with one attached hydrogen (secondary N) is 1. The number of anilines is 2. The Morgan fingerprint density at radius 1 is 1.11 bits per heavy atom. The van der Waals surface area contributed by atoms with E-state index in [1.807, 2.05) is 6.92 Å². The number of ether oxygens (including phenoxy) is 1. The molecular formula is C26H36N6O4. The lowest BCUT2D eigenvalue weighted by Crippen LogP contribution is -2.49. The average molecular weight is 497 g/mol. The number of fused-ring (bicyclic) bond motifs is 1. The van der Waals surface area contributed by atoms with Crippen LogP contribution in [0, 0.1) is 5.92 Å². The molecule has 4 rings (SSSR count). The number of hydrogen-bond acceptors (Lipinski definition) is 7. The Morgan fingerprint density at radius 3 is 2.39 bits per heavy atom. The molecule has 0 spiro atoms. The molecule has 2 aliphatic rings. The Bertz CT molecular complexity index is 1070. The number of rotatable bonds is 8. The largest absolute Gasteiger partial charge is 0.465 e. The third-order valence-corrected chi connectivity index (χ3v) is 6.87. The zero-order chi connectivity index (χ0) is 25.8. The molecule has 2 aliphatic heterocycles. The maximum atomic E-state index is 12.0.